The molecule has 0 atom stereocenters. The third-order valence-electron chi connectivity index (χ3n) is 0. The van der Waals surface area contributed by atoms with Gasteiger partial charge in [0.05, 0.1) is 0 Å². The molecule has 0 bridgehead atoms. The Morgan fingerprint density at radius 3 is 1.57 bits per heavy atom. The second-order valence-electron chi connectivity index (χ2n) is 0.519. The summed E-state index contributed by atoms with van der Waals surface area (Å²) in [7, 11) is 0. The van der Waals surface area contributed by atoms with E-state index in [0.29, 0.717) is 0 Å². The normalized spacial score (nSPS) is 4.43. The van der Waals surface area contributed by atoms with Crippen molar-refractivity contribution in [1.29, 1.82) is 0 Å². The van der Waals surface area contributed by atoms with Gasteiger partial charge in [0.1, 0.15) is 0 Å². The zero-order valence-electron chi connectivity index (χ0n) is 4.77. The standard InChI is InChI=1S/C2H4O2.C2H5.Zn/c1-2(3)4;1-2;/h1H3,(H,3,4);1H2,2H3;/q;-1;. The molecule has 1 N–H and O–H groups in total. The Hall–Kier alpha value is 0.0934. The molecule has 0 heterocycles. The zero-order valence-corrected chi connectivity index (χ0v) is 7.74. The maximum absolute atomic E-state index is 9.00. The van der Waals surface area contributed by atoms with Crippen LogP contribution >= 0.6 is 0 Å². The molecule has 40 valence electrons. The van der Waals surface area contributed by atoms with Gasteiger partial charge >= 0.3 is 0 Å². The number of carboxylic acid groups (broad SMARTS) is 1. The van der Waals surface area contributed by atoms with E-state index in [1.54, 1.807) is 6.92 Å². The SMILES string of the molecule is CC(=O)O.[CH2-]C.[Zn]. The second-order valence-corrected chi connectivity index (χ2v) is 0.519. The minimum atomic E-state index is -0.833. The summed E-state index contributed by atoms with van der Waals surface area (Å²) in [6.45, 7) is 6.08. The minimum Gasteiger partial charge on any atom is -0.481 e. The Morgan fingerprint density at radius 1 is 1.57 bits per heavy atom. The van der Waals surface area contributed by atoms with Crippen LogP contribution < -0.4 is 0 Å². The van der Waals surface area contributed by atoms with Gasteiger partial charge in [0.15, 0.2) is 0 Å². The van der Waals surface area contributed by atoms with Gasteiger partial charge in [0.25, 0.3) is 5.97 Å². The Morgan fingerprint density at radius 2 is 1.57 bits per heavy atom. The van der Waals surface area contributed by atoms with Crippen molar-refractivity contribution in [1.82, 2.24) is 0 Å². The number of carboxylic acids is 1. The van der Waals surface area contributed by atoms with E-state index in [-0.39, 0.29) is 19.5 Å². The smallest absolute Gasteiger partial charge is 0.300 e. The van der Waals surface area contributed by atoms with Crippen LogP contribution in [0, 0.1) is 6.92 Å². The Kier molecular flexibility index (Phi) is 37.1. The molecule has 7 heavy (non-hydrogen) atoms. The number of hydrogen-bond donors (Lipinski definition) is 1. The molecule has 0 aromatic carbocycles. The third-order valence-corrected chi connectivity index (χ3v) is 0. The van der Waals surface area contributed by atoms with Crippen molar-refractivity contribution in [3.8, 4) is 0 Å². The van der Waals surface area contributed by atoms with Gasteiger partial charge in [-0.1, -0.05) is 0 Å². The summed E-state index contributed by atoms with van der Waals surface area (Å²) in [4.78, 5) is 9.00. The fourth-order valence-corrected chi connectivity index (χ4v) is 0. The zero-order chi connectivity index (χ0) is 5.58. The van der Waals surface area contributed by atoms with Gasteiger partial charge < -0.3 is 12.0 Å². The van der Waals surface area contributed by atoms with Crippen molar-refractivity contribution in [2.24, 2.45) is 0 Å². The summed E-state index contributed by atoms with van der Waals surface area (Å²) in [5, 5.41) is 7.42. The fourth-order valence-electron chi connectivity index (χ4n) is 0. The third kappa shape index (κ3) is 11700. The molecule has 0 aliphatic rings. The number of rotatable bonds is 0. The summed E-state index contributed by atoms with van der Waals surface area (Å²) in [6, 6.07) is 0. The monoisotopic (exact) mass is 153 g/mol. The first kappa shape index (κ1) is 15.7. The van der Waals surface area contributed by atoms with Crippen molar-refractivity contribution in [3.05, 3.63) is 6.92 Å². The largest absolute Gasteiger partial charge is 0.481 e. The number of aliphatic carboxylic acids is 1. The Bertz CT molecular complexity index is 32.7. The summed E-state index contributed by atoms with van der Waals surface area (Å²) in [6.07, 6.45) is 0. The molecule has 3 heteroatoms. The van der Waals surface area contributed by atoms with E-state index in [0.717, 1.165) is 6.92 Å². The van der Waals surface area contributed by atoms with Crippen LogP contribution in [0.25, 0.3) is 0 Å². The van der Waals surface area contributed by atoms with E-state index in [9.17, 15) is 0 Å². The quantitative estimate of drug-likeness (QED) is 0.416. The minimum absolute atomic E-state index is 0. The maximum atomic E-state index is 9.00. The van der Waals surface area contributed by atoms with E-state index in [2.05, 4.69) is 6.92 Å². The van der Waals surface area contributed by atoms with Crippen LogP contribution in [0.1, 0.15) is 13.8 Å². The van der Waals surface area contributed by atoms with Crippen molar-refractivity contribution >= 4 is 5.97 Å². The van der Waals surface area contributed by atoms with Crippen LogP contribution in [-0.4, -0.2) is 11.1 Å². The first-order valence-corrected chi connectivity index (χ1v) is 1.63. The molecular weight excluding hydrogens is 145 g/mol. The molecule has 0 amide bonds. The van der Waals surface area contributed by atoms with Crippen molar-refractivity contribution in [3.63, 3.8) is 0 Å². The molecule has 0 aliphatic carbocycles. The van der Waals surface area contributed by atoms with E-state index in [1.807, 2.05) is 0 Å². The number of carbonyl (C=O) groups is 1. The molecule has 0 radical (unpaired) electrons. The first-order chi connectivity index (χ1) is 2.73. The predicted octanol–water partition coefficient (Wildman–Crippen LogP) is 0.929. The summed E-state index contributed by atoms with van der Waals surface area (Å²) in [5.74, 6) is -0.833. The molecule has 0 aromatic heterocycles. The average molecular weight is 155 g/mol. The topological polar surface area (TPSA) is 37.3 Å². The van der Waals surface area contributed by atoms with Crippen LogP contribution in [-0.2, 0) is 24.3 Å². The second kappa shape index (κ2) is 16.5. The van der Waals surface area contributed by atoms with Crippen molar-refractivity contribution in [2.45, 2.75) is 13.8 Å². The number of hydrogen-bond acceptors (Lipinski definition) is 1. The first-order valence-electron chi connectivity index (χ1n) is 1.63. The molecule has 2 nitrogen and oxygen atoms in total. The van der Waals surface area contributed by atoms with Gasteiger partial charge in [-0.25, -0.2) is 0 Å². The Labute approximate surface area is 56.7 Å². The van der Waals surface area contributed by atoms with Gasteiger partial charge in [-0.05, 0) is 0 Å². The van der Waals surface area contributed by atoms with Crippen LogP contribution in [0.15, 0.2) is 0 Å². The van der Waals surface area contributed by atoms with Crippen LogP contribution in [0.4, 0.5) is 0 Å². The molecule has 0 aromatic rings. The van der Waals surface area contributed by atoms with E-state index in [1.165, 1.54) is 0 Å². The van der Waals surface area contributed by atoms with E-state index >= 15 is 0 Å². The van der Waals surface area contributed by atoms with E-state index < -0.39 is 5.97 Å². The van der Waals surface area contributed by atoms with Crippen LogP contribution in [0.5, 0.6) is 0 Å². The molecule has 0 aliphatic heterocycles. The molecular formula is C4H9O2Zn-. The predicted molar refractivity (Wildman–Crippen MR) is 24.3 cm³/mol. The molecule has 0 spiro atoms. The summed E-state index contributed by atoms with van der Waals surface area (Å²) in [5.41, 5.74) is 0. The van der Waals surface area contributed by atoms with Gasteiger partial charge in [0.2, 0.25) is 0 Å². The van der Waals surface area contributed by atoms with Crippen molar-refractivity contribution in [2.75, 3.05) is 0 Å². The molecule has 0 fully saturated rings. The maximum Gasteiger partial charge on any atom is 0.300 e. The fraction of sp³-hybridized carbons (Fsp3) is 0.500. The summed E-state index contributed by atoms with van der Waals surface area (Å²) < 4.78 is 0. The van der Waals surface area contributed by atoms with Gasteiger partial charge in [-0.2, -0.15) is 6.92 Å². The van der Waals surface area contributed by atoms with Gasteiger partial charge in [-0.15, -0.1) is 0 Å². The average Bonchev–Trinajstić information content (AvgIpc) is 1.41. The van der Waals surface area contributed by atoms with Gasteiger partial charge in [0, 0.05) is 26.4 Å². The van der Waals surface area contributed by atoms with Crippen molar-refractivity contribution < 1.29 is 29.4 Å². The van der Waals surface area contributed by atoms with Crippen LogP contribution in [0.3, 0.4) is 0 Å². The molecule has 0 saturated carbocycles. The van der Waals surface area contributed by atoms with E-state index in [4.69, 9.17) is 9.90 Å². The Balaban J connectivity index is -0.0000000480. The summed E-state index contributed by atoms with van der Waals surface area (Å²) >= 11 is 0. The molecule has 0 rings (SSSR count). The molecule has 0 saturated heterocycles. The van der Waals surface area contributed by atoms with Crippen LogP contribution in [0.2, 0.25) is 0 Å². The van der Waals surface area contributed by atoms with Gasteiger partial charge in [-0.3, -0.25) is 4.79 Å². The molecule has 0 unspecified atom stereocenters.